The van der Waals surface area contributed by atoms with Crippen molar-refractivity contribution in [3.8, 4) is 0 Å². The van der Waals surface area contributed by atoms with Crippen LogP contribution in [0, 0.1) is 6.92 Å². The first-order valence-electron chi connectivity index (χ1n) is 7.24. The minimum atomic E-state index is 0.576. The zero-order valence-electron chi connectivity index (χ0n) is 11.9. The third-order valence-corrected chi connectivity index (χ3v) is 4.02. The van der Waals surface area contributed by atoms with Gasteiger partial charge in [-0.1, -0.05) is 30.3 Å². The summed E-state index contributed by atoms with van der Waals surface area (Å²) >= 11 is 0. The molecule has 20 heavy (non-hydrogen) atoms. The topological polar surface area (TPSA) is 42.1 Å². The van der Waals surface area contributed by atoms with Crippen LogP contribution in [0.2, 0.25) is 0 Å². The summed E-state index contributed by atoms with van der Waals surface area (Å²) in [5.41, 5.74) is 9.40. The van der Waals surface area contributed by atoms with Crippen molar-refractivity contribution in [3.05, 3.63) is 59.3 Å². The van der Waals surface area contributed by atoms with Gasteiger partial charge in [-0.25, -0.2) is 4.98 Å². The van der Waals surface area contributed by atoms with E-state index in [9.17, 15) is 0 Å². The molecular formula is C17H21N3. The van der Waals surface area contributed by atoms with Gasteiger partial charge in [-0.3, -0.25) is 0 Å². The summed E-state index contributed by atoms with van der Waals surface area (Å²) in [6.45, 7) is 4.73. The second-order valence-electron chi connectivity index (χ2n) is 5.52. The zero-order chi connectivity index (χ0) is 13.9. The van der Waals surface area contributed by atoms with Gasteiger partial charge in [0.15, 0.2) is 0 Å². The van der Waals surface area contributed by atoms with Gasteiger partial charge in [-0.15, -0.1) is 0 Å². The van der Waals surface area contributed by atoms with Crippen LogP contribution in [0.15, 0.2) is 42.5 Å². The molecule has 1 fully saturated rings. The van der Waals surface area contributed by atoms with Crippen LogP contribution in [0.4, 0.5) is 5.82 Å². The lowest BCUT2D eigenvalue weighted by atomic mass is 9.99. The second kappa shape index (κ2) is 5.63. The van der Waals surface area contributed by atoms with E-state index in [0.29, 0.717) is 12.5 Å². The average Bonchev–Trinajstić information content (AvgIpc) is 2.97. The number of anilines is 1. The van der Waals surface area contributed by atoms with Crippen molar-refractivity contribution in [1.29, 1.82) is 0 Å². The normalized spacial score (nSPS) is 18.5. The van der Waals surface area contributed by atoms with E-state index in [1.54, 1.807) is 0 Å². The number of aryl methyl sites for hydroxylation is 1. The van der Waals surface area contributed by atoms with Crippen LogP contribution in [0.3, 0.4) is 0 Å². The van der Waals surface area contributed by atoms with Crippen molar-refractivity contribution < 1.29 is 0 Å². The summed E-state index contributed by atoms with van der Waals surface area (Å²) in [6.07, 6.45) is 1.19. The number of pyridine rings is 1. The van der Waals surface area contributed by atoms with Crippen LogP contribution in [-0.4, -0.2) is 18.1 Å². The van der Waals surface area contributed by atoms with Crippen LogP contribution >= 0.6 is 0 Å². The summed E-state index contributed by atoms with van der Waals surface area (Å²) in [5, 5.41) is 0. The molecule has 0 saturated carbocycles. The summed E-state index contributed by atoms with van der Waals surface area (Å²) in [7, 11) is 0. The highest BCUT2D eigenvalue weighted by atomic mass is 15.2. The molecule has 1 unspecified atom stereocenters. The Bertz CT molecular complexity index is 580. The molecule has 3 nitrogen and oxygen atoms in total. The Labute approximate surface area is 120 Å². The fourth-order valence-corrected chi connectivity index (χ4v) is 2.97. The Hall–Kier alpha value is -1.87. The number of rotatable bonds is 3. The first-order chi connectivity index (χ1) is 9.76. The van der Waals surface area contributed by atoms with Gasteiger partial charge >= 0.3 is 0 Å². The summed E-state index contributed by atoms with van der Waals surface area (Å²) in [4.78, 5) is 7.04. The number of nitrogens with zero attached hydrogens (tertiary/aromatic N) is 2. The van der Waals surface area contributed by atoms with Crippen molar-refractivity contribution in [1.82, 2.24) is 4.98 Å². The maximum atomic E-state index is 5.76. The molecule has 2 heterocycles. The first-order valence-corrected chi connectivity index (χ1v) is 7.24. The molecule has 1 aromatic heterocycles. The molecular weight excluding hydrogens is 246 g/mol. The van der Waals surface area contributed by atoms with Gasteiger partial charge in [0.25, 0.3) is 0 Å². The first kappa shape index (κ1) is 13.1. The van der Waals surface area contributed by atoms with Gasteiger partial charge < -0.3 is 10.6 Å². The van der Waals surface area contributed by atoms with E-state index in [-0.39, 0.29) is 0 Å². The van der Waals surface area contributed by atoms with E-state index in [0.717, 1.165) is 30.2 Å². The Morgan fingerprint density at radius 2 is 2.05 bits per heavy atom. The van der Waals surface area contributed by atoms with E-state index >= 15 is 0 Å². The van der Waals surface area contributed by atoms with E-state index in [1.807, 2.05) is 6.92 Å². The monoisotopic (exact) mass is 267 g/mol. The third-order valence-electron chi connectivity index (χ3n) is 4.02. The summed E-state index contributed by atoms with van der Waals surface area (Å²) < 4.78 is 0. The fourth-order valence-electron chi connectivity index (χ4n) is 2.97. The number of nitrogens with two attached hydrogens (primary N) is 1. The Balaban J connectivity index is 1.79. The highest BCUT2D eigenvalue weighted by Gasteiger charge is 2.24. The van der Waals surface area contributed by atoms with Crippen LogP contribution < -0.4 is 10.6 Å². The predicted molar refractivity (Wildman–Crippen MR) is 82.9 cm³/mol. The van der Waals surface area contributed by atoms with E-state index in [4.69, 9.17) is 5.73 Å². The molecule has 2 N–H and O–H groups in total. The zero-order valence-corrected chi connectivity index (χ0v) is 11.9. The molecule has 3 rings (SSSR count). The molecule has 1 atom stereocenters. The minimum Gasteiger partial charge on any atom is -0.356 e. The van der Waals surface area contributed by atoms with E-state index in [2.05, 4.69) is 52.3 Å². The summed E-state index contributed by atoms with van der Waals surface area (Å²) in [6, 6.07) is 15.0. The Morgan fingerprint density at radius 3 is 2.80 bits per heavy atom. The van der Waals surface area contributed by atoms with E-state index < -0.39 is 0 Å². The number of hydrogen-bond donors (Lipinski definition) is 1. The number of hydrogen-bond acceptors (Lipinski definition) is 3. The van der Waals surface area contributed by atoms with Crippen LogP contribution in [0.25, 0.3) is 0 Å². The van der Waals surface area contributed by atoms with Gasteiger partial charge in [0.05, 0.1) is 0 Å². The molecule has 0 spiro atoms. The van der Waals surface area contributed by atoms with Gasteiger partial charge in [0, 0.05) is 31.2 Å². The quantitative estimate of drug-likeness (QED) is 0.930. The molecule has 1 aliphatic heterocycles. The highest BCUT2D eigenvalue weighted by molar-refractivity contribution is 5.45. The smallest absolute Gasteiger partial charge is 0.129 e. The van der Waals surface area contributed by atoms with Crippen molar-refractivity contribution >= 4 is 5.82 Å². The van der Waals surface area contributed by atoms with Gasteiger partial charge in [0.1, 0.15) is 5.82 Å². The maximum absolute atomic E-state index is 5.76. The van der Waals surface area contributed by atoms with Crippen LogP contribution in [0.1, 0.15) is 29.2 Å². The molecule has 0 amide bonds. The summed E-state index contributed by atoms with van der Waals surface area (Å²) in [5.74, 6) is 1.68. The fraction of sp³-hybridized carbons (Fsp3) is 0.353. The molecule has 1 aliphatic rings. The van der Waals surface area contributed by atoms with Gasteiger partial charge in [-0.05, 0) is 36.6 Å². The molecule has 1 saturated heterocycles. The van der Waals surface area contributed by atoms with Gasteiger partial charge in [0.2, 0.25) is 0 Å². The molecule has 104 valence electrons. The molecule has 0 bridgehead atoms. The SMILES string of the molecule is Cc1cc(CN)cc(N2CCC(c3ccccc3)C2)n1. The molecule has 3 heteroatoms. The maximum Gasteiger partial charge on any atom is 0.129 e. The van der Waals surface area contributed by atoms with Crippen molar-refractivity contribution in [3.63, 3.8) is 0 Å². The highest BCUT2D eigenvalue weighted by Crippen LogP contribution is 2.30. The largest absolute Gasteiger partial charge is 0.356 e. The van der Waals surface area contributed by atoms with Crippen LogP contribution in [0.5, 0.6) is 0 Å². The second-order valence-corrected chi connectivity index (χ2v) is 5.52. The lowest BCUT2D eigenvalue weighted by Crippen LogP contribution is -2.21. The molecule has 0 radical (unpaired) electrons. The molecule has 2 aromatic rings. The number of aromatic nitrogens is 1. The number of benzene rings is 1. The van der Waals surface area contributed by atoms with Crippen molar-refractivity contribution in [2.24, 2.45) is 5.73 Å². The van der Waals surface area contributed by atoms with Crippen LogP contribution in [-0.2, 0) is 6.54 Å². The van der Waals surface area contributed by atoms with Gasteiger partial charge in [-0.2, -0.15) is 0 Å². The predicted octanol–water partition coefficient (Wildman–Crippen LogP) is 2.84. The lowest BCUT2D eigenvalue weighted by molar-refractivity contribution is 0.774. The van der Waals surface area contributed by atoms with E-state index in [1.165, 1.54) is 12.0 Å². The standard InChI is InChI=1S/C17H21N3/c1-13-9-14(11-18)10-17(19-13)20-8-7-16(12-20)15-5-3-2-4-6-15/h2-6,9-10,16H,7-8,11-12,18H2,1H3. The third kappa shape index (κ3) is 2.68. The van der Waals surface area contributed by atoms with Crippen molar-refractivity contribution in [2.75, 3.05) is 18.0 Å². The Kier molecular flexibility index (Phi) is 3.70. The minimum absolute atomic E-state index is 0.576. The lowest BCUT2D eigenvalue weighted by Gasteiger charge is -2.19. The Morgan fingerprint density at radius 1 is 1.25 bits per heavy atom. The van der Waals surface area contributed by atoms with Crippen molar-refractivity contribution in [2.45, 2.75) is 25.8 Å². The molecule has 1 aromatic carbocycles. The molecule has 0 aliphatic carbocycles. The average molecular weight is 267 g/mol.